The fourth-order valence-corrected chi connectivity index (χ4v) is 3.30. The summed E-state index contributed by atoms with van der Waals surface area (Å²) in [4.78, 5) is 26.0. The Morgan fingerprint density at radius 2 is 2.16 bits per heavy atom. The fraction of sp³-hybridized carbons (Fsp3) is 0.429. The highest BCUT2D eigenvalue weighted by atomic mass is 32.1. The number of aromatic nitrogens is 2. The summed E-state index contributed by atoms with van der Waals surface area (Å²) in [7, 11) is 0. The highest BCUT2D eigenvalue weighted by molar-refractivity contribution is 7.07. The van der Waals surface area contributed by atoms with Crippen LogP contribution in [0.4, 0.5) is 0 Å². The highest BCUT2D eigenvalue weighted by Gasteiger charge is 2.32. The van der Waals surface area contributed by atoms with Gasteiger partial charge in [-0.05, 0) is 17.9 Å². The molecular weight excluding hydrogens is 260 g/mol. The average Bonchev–Trinajstić information content (AvgIpc) is 2.86. The van der Waals surface area contributed by atoms with Gasteiger partial charge in [0.25, 0.3) is 0 Å². The molecule has 1 aliphatic carbocycles. The summed E-state index contributed by atoms with van der Waals surface area (Å²) in [6, 6.07) is 1.90. The predicted octanol–water partition coefficient (Wildman–Crippen LogP) is 2.44. The minimum atomic E-state index is -0.0348. The molecule has 0 amide bonds. The summed E-state index contributed by atoms with van der Waals surface area (Å²) in [6.45, 7) is 4.87. The molecule has 2 heterocycles. The van der Waals surface area contributed by atoms with E-state index in [4.69, 9.17) is 0 Å². The Labute approximate surface area is 115 Å². The van der Waals surface area contributed by atoms with Crippen LogP contribution in [0.15, 0.2) is 22.4 Å². The number of fused-ring (bicyclic) bond motifs is 1. The van der Waals surface area contributed by atoms with Crippen LogP contribution in [0.1, 0.15) is 42.0 Å². The third-order valence-corrected chi connectivity index (χ3v) is 4.29. The van der Waals surface area contributed by atoms with Gasteiger partial charge in [-0.1, -0.05) is 25.2 Å². The third-order valence-electron chi connectivity index (χ3n) is 3.58. The molecule has 5 heteroatoms. The molecule has 0 fully saturated rings. The first-order valence-electron chi connectivity index (χ1n) is 6.32. The topological polar surface area (TPSA) is 54.9 Å². The number of hydrogen-bond acceptors (Lipinski definition) is 3. The Hall–Kier alpha value is -1.62. The standard InChI is InChI=1S/C14H16N2O2S/c1-14(2)5-11-10(12(17)6-14)3-4-16(11)7-9-8-19-13(18)15-9/h3-4,8H,5-7H2,1-2H3,(H,15,18). The van der Waals surface area contributed by atoms with E-state index >= 15 is 0 Å². The Kier molecular flexibility index (Phi) is 2.74. The second-order valence-electron chi connectivity index (χ2n) is 5.92. The second kappa shape index (κ2) is 4.20. The molecule has 100 valence electrons. The van der Waals surface area contributed by atoms with Crippen molar-refractivity contribution in [2.45, 2.75) is 33.2 Å². The molecule has 4 nitrogen and oxygen atoms in total. The molecule has 1 aliphatic rings. The Bertz CT molecular complexity index is 690. The van der Waals surface area contributed by atoms with Crippen molar-refractivity contribution < 1.29 is 4.79 Å². The number of carbonyl (C=O) groups is 1. The van der Waals surface area contributed by atoms with E-state index in [1.54, 1.807) is 0 Å². The van der Waals surface area contributed by atoms with E-state index in [2.05, 4.69) is 23.4 Å². The van der Waals surface area contributed by atoms with Gasteiger partial charge in [0.15, 0.2) is 5.78 Å². The van der Waals surface area contributed by atoms with Crippen LogP contribution in [0, 0.1) is 5.41 Å². The van der Waals surface area contributed by atoms with Crippen LogP contribution in [0.5, 0.6) is 0 Å². The van der Waals surface area contributed by atoms with Crippen LogP contribution < -0.4 is 4.87 Å². The molecule has 0 atom stereocenters. The van der Waals surface area contributed by atoms with Gasteiger partial charge in [0.05, 0.1) is 6.54 Å². The molecule has 2 aromatic heterocycles. The quantitative estimate of drug-likeness (QED) is 0.916. The summed E-state index contributed by atoms with van der Waals surface area (Å²) < 4.78 is 2.08. The molecule has 0 saturated heterocycles. The van der Waals surface area contributed by atoms with Crippen LogP contribution in [0.3, 0.4) is 0 Å². The molecule has 0 unspecified atom stereocenters. The van der Waals surface area contributed by atoms with E-state index in [9.17, 15) is 9.59 Å². The van der Waals surface area contributed by atoms with Crippen LogP contribution in [0.25, 0.3) is 0 Å². The van der Waals surface area contributed by atoms with E-state index in [1.165, 1.54) is 11.3 Å². The Balaban J connectivity index is 1.97. The first-order chi connectivity index (χ1) is 8.94. The number of nitrogens with one attached hydrogen (secondary N) is 1. The summed E-state index contributed by atoms with van der Waals surface area (Å²) in [5, 5.41) is 1.84. The minimum Gasteiger partial charge on any atom is -0.345 e. The number of thiazole rings is 1. The largest absolute Gasteiger partial charge is 0.345 e. The molecule has 1 N–H and O–H groups in total. The van der Waals surface area contributed by atoms with Crippen molar-refractivity contribution in [1.29, 1.82) is 0 Å². The lowest BCUT2D eigenvalue weighted by atomic mass is 9.76. The number of nitrogens with zero attached hydrogens (tertiary/aromatic N) is 1. The van der Waals surface area contributed by atoms with Crippen LogP contribution in [0.2, 0.25) is 0 Å². The van der Waals surface area contributed by atoms with Crippen molar-refractivity contribution in [2.75, 3.05) is 0 Å². The normalized spacial score (nSPS) is 17.5. The van der Waals surface area contributed by atoms with Crippen LogP contribution in [-0.2, 0) is 13.0 Å². The predicted molar refractivity (Wildman–Crippen MR) is 74.9 cm³/mol. The lowest BCUT2D eigenvalue weighted by molar-refractivity contribution is 0.0910. The zero-order valence-electron chi connectivity index (χ0n) is 11.0. The van der Waals surface area contributed by atoms with Gasteiger partial charge in [-0.2, -0.15) is 0 Å². The van der Waals surface area contributed by atoms with E-state index in [0.29, 0.717) is 13.0 Å². The van der Waals surface area contributed by atoms with E-state index < -0.39 is 0 Å². The van der Waals surface area contributed by atoms with E-state index in [1.807, 2.05) is 17.6 Å². The molecular formula is C14H16N2O2S. The monoisotopic (exact) mass is 276 g/mol. The molecule has 0 aromatic carbocycles. The average molecular weight is 276 g/mol. The van der Waals surface area contributed by atoms with Gasteiger partial charge in [0.2, 0.25) is 0 Å². The first kappa shape index (κ1) is 12.4. The van der Waals surface area contributed by atoms with E-state index in [0.717, 1.165) is 23.4 Å². The van der Waals surface area contributed by atoms with Gasteiger partial charge >= 0.3 is 4.87 Å². The smallest absolute Gasteiger partial charge is 0.304 e. The van der Waals surface area contributed by atoms with Gasteiger partial charge in [-0.15, -0.1) is 0 Å². The van der Waals surface area contributed by atoms with Gasteiger partial charge in [-0.3, -0.25) is 9.59 Å². The number of rotatable bonds is 2. The van der Waals surface area contributed by atoms with Crippen LogP contribution in [-0.4, -0.2) is 15.3 Å². The number of carbonyl (C=O) groups excluding carboxylic acids is 1. The summed E-state index contributed by atoms with van der Waals surface area (Å²) in [5.74, 6) is 0.226. The minimum absolute atomic E-state index is 0.0161. The summed E-state index contributed by atoms with van der Waals surface area (Å²) >= 11 is 1.17. The molecule has 0 saturated carbocycles. The lowest BCUT2D eigenvalue weighted by Gasteiger charge is -2.29. The van der Waals surface area contributed by atoms with Crippen LogP contribution >= 0.6 is 11.3 Å². The lowest BCUT2D eigenvalue weighted by Crippen LogP contribution is -2.28. The molecule has 0 bridgehead atoms. The van der Waals surface area contributed by atoms with Crippen molar-refractivity contribution in [3.63, 3.8) is 0 Å². The Morgan fingerprint density at radius 3 is 2.84 bits per heavy atom. The summed E-state index contributed by atoms with van der Waals surface area (Å²) in [5.41, 5.74) is 2.84. The Morgan fingerprint density at radius 1 is 1.37 bits per heavy atom. The zero-order valence-corrected chi connectivity index (χ0v) is 11.8. The molecule has 3 rings (SSSR count). The molecule has 2 aromatic rings. The van der Waals surface area contributed by atoms with Crippen molar-refractivity contribution >= 4 is 17.1 Å². The maximum atomic E-state index is 12.1. The van der Waals surface area contributed by atoms with Crippen molar-refractivity contribution in [3.05, 3.63) is 44.3 Å². The summed E-state index contributed by atoms with van der Waals surface area (Å²) in [6.07, 6.45) is 3.45. The number of hydrogen-bond donors (Lipinski definition) is 1. The molecule has 0 spiro atoms. The molecule has 0 aliphatic heterocycles. The van der Waals surface area contributed by atoms with Crippen molar-refractivity contribution in [2.24, 2.45) is 5.41 Å². The molecule has 19 heavy (non-hydrogen) atoms. The van der Waals surface area contributed by atoms with Gasteiger partial charge in [0.1, 0.15) is 0 Å². The number of ketones is 1. The SMILES string of the molecule is CC1(C)CC(=O)c2ccn(Cc3csc(=O)[nH]3)c2C1. The maximum Gasteiger partial charge on any atom is 0.304 e. The van der Waals surface area contributed by atoms with E-state index in [-0.39, 0.29) is 16.1 Å². The van der Waals surface area contributed by atoms with Gasteiger partial charge in [-0.25, -0.2) is 0 Å². The van der Waals surface area contributed by atoms with Crippen molar-refractivity contribution in [1.82, 2.24) is 9.55 Å². The van der Waals surface area contributed by atoms with Gasteiger partial charge < -0.3 is 9.55 Å². The first-order valence-corrected chi connectivity index (χ1v) is 7.20. The number of Topliss-reactive ketones (excluding diaryl/α,β-unsaturated/α-hetero) is 1. The maximum absolute atomic E-state index is 12.1. The zero-order chi connectivity index (χ0) is 13.6. The fourth-order valence-electron chi connectivity index (χ4n) is 2.72. The van der Waals surface area contributed by atoms with Crippen molar-refractivity contribution in [3.8, 4) is 0 Å². The highest BCUT2D eigenvalue weighted by Crippen LogP contribution is 2.35. The second-order valence-corrected chi connectivity index (χ2v) is 6.76. The van der Waals surface area contributed by atoms with Gasteiger partial charge in [0, 0.05) is 34.9 Å². The number of H-pyrrole nitrogens is 1. The number of aromatic amines is 1. The third kappa shape index (κ3) is 2.30. The molecule has 0 radical (unpaired) electrons.